The van der Waals surface area contributed by atoms with Gasteiger partial charge in [-0.3, -0.25) is 0 Å². The first-order valence-corrected chi connectivity index (χ1v) is 12.1. The molecule has 0 bridgehead atoms. The van der Waals surface area contributed by atoms with Crippen molar-refractivity contribution in [1.82, 2.24) is 0 Å². The van der Waals surface area contributed by atoms with Gasteiger partial charge in [-0.1, -0.05) is 0 Å². The molecule has 0 N–H and O–H groups in total. The van der Waals surface area contributed by atoms with E-state index in [0.29, 0.717) is 21.2 Å². The Labute approximate surface area is 93.7 Å². The predicted molar refractivity (Wildman–Crippen MR) is 60.3 cm³/mol. The van der Waals surface area contributed by atoms with E-state index < -0.39 is 19.8 Å². The second-order valence-corrected chi connectivity index (χ2v) is 12.6. The van der Waals surface area contributed by atoms with Crippen LogP contribution in [0.4, 0.5) is 4.39 Å². The van der Waals surface area contributed by atoms with Crippen LogP contribution in [0.25, 0.3) is 0 Å². The summed E-state index contributed by atoms with van der Waals surface area (Å²) in [5.74, 6) is 0. The molecule has 0 fully saturated rings. The second kappa shape index (κ2) is 10.5. The average molecular weight is 401 g/mol. The summed E-state index contributed by atoms with van der Waals surface area (Å²) in [5, 5.41) is 0. The molecular formula is C9H20FI2-. The molecule has 0 saturated heterocycles. The molecule has 0 nitrogen and oxygen atoms in total. The Morgan fingerprint density at radius 3 is 2.42 bits per heavy atom. The summed E-state index contributed by atoms with van der Waals surface area (Å²) in [5.41, 5.74) is 0. The third kappa shape index (κ3) is 8.01. The van der Waals surface area contributed by atoms with E-state index in [4.69, 9.17) is 0 Å². The van der Waals surface area contributed by atoms with Crippen molar-refractivity contribution in [2.75, 3.05) is 28.8 Å². The quantitative estimate of drug-likeness (QED) is 0.305. The van der Waals surface area contributed by atoms with Gasteiger partial charge in [-0.2, -0.15) is 0 Å². The number of halogens is 3. The van der Waals surface area contributed by atoms with Crippen LogP contribution < -0.4 is 21.2 Å². The summed E-state index contributed by atoms with van der Waals surface area (Å²) < 4.78 is 18.8. The molecule has 78 valence electrons. The van der Waals surface area contributed by atoms with Gasteiger partial charge in [0.25, 0.3) is 0 Å². The molecule has 0 spiro atoms. The van der Waals surface area contributed by atoms with Crippen LogP contribution in [-0.2, 0) is 0 Å². The topological polar surface area (TPSA) is 0 Å². The van der Waals surface area contributed by atoms with Crippen LogP contribution in [0.3, 0.4) is 0 Å². The summed E-state index contributed by atoms with van der Waals surface area (Å²) in [4.78, 5) is 0. The zero-order valence-corrected chi connectivity index (χ0v) is 12.4. The SMILES string of the molecule is CCCI(CCF)CC[I-]CC. The number of hydrogen-bond donors (Lipinski definition) is 0. The Morgan fingerprint density at radius 2 is 1.92 bits per heavy atom. The van der Waals surface area contributed by atoms with Crippen molar-refractivity contribution < 1.29 is 25.6 Å². The molecule has 0 atom stereocenters. The first-order valence-electron chi connectivity index (χ1n) is 4.52. The van der Waals surface area contributed by atoms with Crippen LogP contribution in [0.5, 0.6) is 0 Å². The second-order valence-electron chi connectivity index (χ2n) is 2.47. The number of hydrogen-bond acceptors (Lipinski definition) is 0. The fourth-order valence-electron chi connectivity index (χ4n) is 0.937. The molecule has 0 aromatic carbocycles. The molecule has 0 aromatic heterocycles. The van der Waals surface area contributed by atoms with Crippen molar-refractivity contribution in [3.63, 3.8) is 0 Å². The maximum atomic E-state index is 12.1. The van der Waals surface area contributed by atoms with Gasteiger partial charge in [0.15, 0.2) is 0 Å². The number of alkyl halides is 6. The van der Waals surface area contributed by atoms with Gasteiger partial charge in [0, 0.05) is 0 Å². The van der Waals surface area contributed by atoms with E-state index in [1.54, 1.807) is 0 Å². The predicted octanol–water partition coefficient (Wildman–Crippen LogP) is -0.0188. The molecule has 0 aliphatic carbocycles. The third-order valence-corrected chi connectivity index (χ3v) is 12.5. The zero-order valence-electron chi connectivity index (χ0n) is 8.08. The van der Waals surface area contributed by atoms with Gasteiger partial charge >= 0.3 is 94.5 Å². The fraction of sp³-hybridized carbons (Fsp3) is 1.00. The van der Waals surface area contributed by atoms with Crippen molar-refractivity contribution in [2.45, 2.75) is 20.3 Å². The minimum absolute atomic E-state index is 0.0463. The van der Waals surface area contributed by atoms with Crippen molar-refractivity contribution in [1.29, 1.82) is 0 Å². The Balaban J connectivity index is 3.34. The van der Waals surface area contributed by atoms with Crippen LogP contribution in [0.2, 0.25) is 0 Å². The Bertz CT molecular complexity index is 82.6. The average Bonchev–Trinajstić information content (AvgIpc) is 2.06. The summed E-state index contributed by atoms with van der Waals surface area (Å²) in [6.07, 6.45) is 1.29. The molecule has 0 radical (unpaired) electrons. The standard InChI is InChI=1S/C9H20FI2/c1-3-7-12(8-5-10)9-6-11-4-2/h3-9H2,1-2H3/q-1. The van der Waals surface area contributed by atoms with Gasteiger partial charge in [0.2, 0.25) is 0 Å². The molecule has 0 aliphatic rings. The van der Waals surface area contributed by atoms with Crippen LogP contribution in [0.1, 0.15) is 20.3 Å². The molecule has 0 aliphatic heterocycles. The van der Waals surface area contributed by atoms with Gasteiger partial charge in [0.05, 0.1) is 0 Å². The summed E-state index contributed by atoms with van der Waals surface area (Å²) in [6.45, 7) is 4.47. The molecule has 3 heteroatoms. The zero-order chi connectivity index (χ0) is 9.23. The Morgan fingerprint density at radius 1 is 1.17 bits per heavy atom. The first kappa shape index (κ1) is 13.4. The molecule has 0 unspecified atom stereocenters. The van der Waals surface area contributed by atoms with E-state index in [1.165, 1.54) is 24.1 Å². The summed E-state index contributed by atoms with van der Waals surface area (Å²) in [7, 11) is 0. The van der Waals surface area contributed by atoms with Gasteiger partial charge in [0.1, 0.15) is 0 Å². The monoisotopic (exact) mass is 401 g/mol. The molecule has 12 heavy (non-hydrogen) atoms. The van der Waals surface area contributed by atoms with Gasteiger partial charge in [-0.15, -0.1) is 0 Å². The molecule has 0 heterocycles. The van der Waals surface area contributed by atoms with Gasteiger partial charge < -0.3 is 0 Å². The van der Waals surface area contributed by atoms with Crippen molar-refractivity contribution in [3.8, 4) is 0 Å². The molecular weight excluding hydrogens is 381 g/mol. The van der Waals surface area contributed by atoms with Gasteiger partial charge in [-0.05, 0) is 0 Å². The van der Waals surface area contributed by atoms with E-state index in [9.17, 15) is 4.39 Å². The maximum absolute atomic E-state index is 12.1. The van der Waals surface area contributed by atoms with Crippen LogP contribution in [0.15, 0.2) is 0 Å². The first-order chi connectivity index (χ1) is 5.85. The van der Waals surface area contributed by atoms with E-state index in [1.807, 2.05) is 0 Å². The van der Waals surface area contributed by atoms with Crippen molar-refractivity contribution in [2.24, 2.45) is 0 Å². The van der Waals surface area contributed by atoms with Crippen molar-refractivity contribution in [3.05, 3.63) is 0 Å². The van der Waals surface area contributed by atoms with E-state index in [2.05, 4.69) is 13.8 Å². The number of rotatable bonds is 8. The fourth-order valence-corrected chi connectivity index (χ4v) is 12.1. The van der Waals surface area contributed by atoms with E-state index in [0.717, 1.165) is 4.43 Å². The normalized spacial score (nSPS) is 12.1. The molecule has 0 aromatic rings. The molecule has 0 amide bonds. The van der Waals surface area contributed by atoms with Crippen molar-refractivity contribution >= 4 is 19.8 Å². The Kier molecular flexibility index (Phi) is 11.7. The van der Waals surface area contributed by atoms with Crippen LogP contribution >= 0.6 is 19.8 Å². The summed E-state index contributed by atoms with van der Waals surface area (Å²) >= 11 is -0.291. The molecule has 0 rings (SSSR count). The van der Waals surface area contributed by atoms with E-state index >= 15 is 0 Å². The minimum atomic E-state index is -0.779. The summed E-state index contributed by atoms with van der Waals surface area (Å²) in [6, 6.07) is 0. The van der Waals surface area contributed by atoms with Gasteiger partial charge in [-0.25, -0.2) is 0 Å². The van der Waals surface area contributed by atoms with Crippen LogP contribution in [-0.4, -0.2) is 28.8 Å². The molecule has 0 saturated carbocycles. The van der Waals surface area contributed by atoms with E-state index in [-0.39, 0.29) is 6.67 Å². The van der Waals surface area contributed by atoms with Crippen LogP contribution in [0, 0.1) is 0 Å². The Hall–Kier alpha value is 1.39. The third-order valence-electron chi connectivity index (χ3n) is 1.46.